The van der Waals surface area contributed by atoms with Gasteiger partial charge in [0.05, 0.1) is 79.5 Å². The van der Waals surface area contributed by atoms with Crippen molar-refractivity contribution in [2.75, 3.05) is 82.2 Å². The Morgan fingerprint density at radius 1 is 0.480 bits per heavy atom. The number of nitrogens with one attached hydrogen (secondary N) is 4. The van der Waals surface area contributed by atoms with Crippen LogP contribution in [-0.2, 0) is 115 Å². The van der Waals surface area contributed by atoms with E-state index >= 15 is 0 Å². The summed E-state index contributed by atoms with van der Waals surface area (Å²) in [7, 11) is -16.0. The maximum absolute atomic E-state index is 12.8. The van der Waals surface area contributed by atoms with Gasteiger partial charge in [0.2, 0.25) is 17.7 Å². The summed E-state index contributed by atoms with van der Waals surface area (Å²) in [5, 5.41) is 29.9. The average Bonchev–Trinajstić information content (AvgIpc) is 1.72. The van der Waals surface area contributed by atoms with Crippen LogP contribution in [0, 0.1) is 57.2 Å². The summed E-state index contributed by atoms with van der Waals surface area (Å²) in [5.41, 5.74) is 12.0. The molecule has 0 saturated carbocycles. The van der Waals surface area contributed by atoms with Crippen LogP contribution < -0.4 is 36.9 Å². The predicted molar refractivity (Wildman–Crippen MR) is 468 cm³/mol. The van der Waals surface area contributed by atoms with Crippen molar-refractivity contribution in [3.05, 3.63) is 138 Å². The van der Waals surface area contributed by atoms with E-state index < -0.39 is 122 Å². The molecule has 11 N–H and O–H groups in total. The van der Waals surface area contributed by atoms with Crippen molar-refractivity contribution in [3.8, 4) is 5.75 Å². The molecule has 1 saturated heterocycles. The Labute approximate surface area is 729 Å². The summed E-state index contributed by atoms with van der Waals surface area (Å²) >= 11 is 0. The summed E-state index contributed by atoms with van der Waals surface area (Å²) in [5.74, 6) is -6.91. The lowest BCUT2D eigenvalue weighted by atomic mass is 9.89. The molecule has 0 bridgehead atoms. The highest BCUT2D eigenvalue weighted by atomic mass is 32.2. The minimum absolute atomic E-state index is 0.0178. The van der Waals surface area contributed by atoms with E-state index in [0.717, 1.165) is 17.5 Å². The van der Waals surface area contributed by atoms with Gasteiger partial charge in [0.15, 0.2) is 5.78 Å². The van der Waals surface area contributed by atoms with Gasteiger partial charge in [0.25, 0.3) is 42.2 Å². The van der Waals surface area contributed by atoms with Crippen molar-refractivity contribution in [2.45, 2.75) is 200 Å². The standard InChI is InChI=1S/C28H40N2O8S2.C20H31NO4.C18H21NO6.C14H30N2O7S2.C6H15NO/c1-22(2)26(30-20-25(31)23-12-7-5-8-13-23)27(32)29-17-16-28(3,4)21-37-39(33,34)18-11-19-40(35,36)38-24-14-9-6-10-15-24;1-15(2)17(19(24)21-11-10-20(3,4)14-22)12-18(23)25-13-16-8-6-5-7-9-16;1-12(2)14(18(23)25-19-15(20)8-9-16(19)21)10-17(22)24-11-13-6-4-3-5-7-13;1-11(2)12(15)13(17)16-7-6-14(3,4)10-23-25(21,22)9-5-8-24(18,19)20;1-6(2,5-8)3-4-7/h5-10,12-15,22,26,30H,11,16-21H2,1-4H3,(H,29,32);5-9,15,17,22H,10-14H2,1-4H3,(H,21,24);3-7,12,14H,8-11H2,1-2H3;11-12H,5-10,15H2,1-4H3,(H,16,17)(H,18,19,20);8H,3-5,7H2,1-2H3/t26-;17-;14-;12-;/m0000./s1. The molecule has 0 radical (unpaired) electrons. The Balaban J connectivity index is 0.000000812. The first-order valence-electron chi connectivity index (χ1n) is 41.1. The van der Waals surface area contributed by atoms with E-state index in [9.17, 15) is 81.9 Å². The van der Waals surface area contributed by atoms with Gasteiger partial charge in [-0.25, -0.2) is 4.79 Å². The first-order valence-corrected chi connectivity index (χ1v) is 47.4. The van der Waals surface area contributed by atoms with Crippen LogP contribution in [0.5, 0.6) is 5.75 Å². The molecule has 4 aromatic rings. The van der Waals surface area contributed by atoms with E-state index in [1.54, 1.807) is 70.2 Å². The lowest BCUT2D eigenvalue weighted by Crippen LogP contribution is -2.49. The summed E-state index contributed by atoms with van der Waals surface area (Å²) in [6.45, 7) is 32.1. The van der Waals surface area contributed by atoms with Gasteiger partial charge in [-0.2, -0.15) is 33.7 Å². The number of amides is 5. The van der Waals surface area contributed by atoms with Gasteiger partial charge in [-0.1, -0.05) is 220 Å². The van der Waals surface area contributed by atoms with Crippen LogP contribution >= 0.6 is 0 Å². The molecule has 123 heavy (non-hydrogen) atoms. The van der Waals surface area contributed by atoms with Crippen LogP contribution in [0.4, 0.5) is 0 Å². The second-order valence-corrected chi connectivity index (χ2v) is 41.2. The Bertz CT molecular complexity index is 4310. The summed E-state index contributed by atoms with van der Waals surface area (Å²) in [4.78, 5) is 114. The molecule has 0 aliphatic carbocycles. The molecule has 5 amide bonds. The topological polar surface area (TPSA) is 510 Å². The normalized spacial score (nSPS) is 13.7. The Morgan fingerprint density at radius 3 is 1.26 bits per heavy atom. The number of hydrogen-bond donors (Lipinski definition) is 9. The van der Waals surface area contributed by atoms with Crippen LogP contribution in [0.3, 0.4) is 0 Å². The van der Waals surface area contributed by atoms with Crippen LogP contribution in [0.2, 0.25) is 0 Å². The molecular formula is C86H137N7O26S4. The first kappa shape index (κ1) is 113. The smallest absolute Gasteiger partial charge is 0.337 e. The van der Waals surface area contributed by atoms with Gasteiger partial charge in [0.1, 0.15) is 19.0 Å². The molecule has 0 spiro atoms. The number of carbonyl (C=O) groups is 9. The number of aliphatic hydroxyl groups is 2. The molecule has 696 valence electrons. The molecule has 4 aromatic carbocycles. The third kappa shape index (κ3) is 51.7. The van der Waals surface area contributed by atoms with Crippen molar-refractivity contribution in [1.82, 2.24) is 26.3 Å². The molecule has 4 atom stereocenters. The Kier molecular flexibility index (Phi) is 51.3. The summed E-state index contributed by atoms with van der Waals surface area (Å²) in [6, 6.07) is 34.3. The monoisotopic (exact) mass is 1810 g/mol. The van der Waals surface area contributed by atoms with Gasteiger partial charge in [-0.15, -0.1) is 5.06 Å². The van der Waals surface area contributed by atoms with Crippen LogP contribution in [0.15, 0.2) is 121 Å². The van der Waals surface area contributed by atoms with E-state index in [-0.39, 0.29) is 161 Å². The molecule has 37 heteroatoms. The second kappa shape index (κ2) is 56.0. The zero-order valence-electron chi connectivity index (χ0n) is 74.3. The third-order valence-electron chi connectivity index (χ3n) is 19.0. The maximum atomic E-state index is 12.8. The number of nitrogens with two attached hydrogens (primary N) is 2. The lowest BCUT2D eigenvalue weighted by molar-refractivity contribution is -0.202. The van der Waals surface area contributed by atoms with Gasteiger partial charge in [-0.3, -0.25) is 56.6 Å². The number of carbonyl (C=O) groups excluding carboxylic acids is 9. The SMILES string of the molecule is CC(C)(CO)CCN.CC(C)[C@H](CC(=O)OCc1ccccc1)C(=O)NCCC(C)(C)CO.CC(C)[C@H](CC(=O)OCc1ccccc1)C(=O)ON1C(=O)CCC1=O.CC(C)[C@H](N)C(=O)NCCC(C)(C)COS(=O)(=O)CCCS(=O)(=O)O.CC(C)[C@H](NCC(=O)c1ccccc1)C(=O)NCCC(C)(C)COS(=O)(=O)CCCS(=O)(=O)Oc1ccccc1. The second-order valence-electron chi connectivity index (χ2n) is 34.4. The minimum Gasteiger partial charge on any atom is -0.461 e. The molecule has 5 rings (SSSR count). The fraction of sp³-hybridized carbons (Fsp3) is 0.616. The van der Waals surface area contributed by atoms with E-state index in [2.05, 4.69) is 21.3 Å². The lowest BCUT2D eigenvalue weighted by Gasteiger charge is -2.26. The number of hydrogen-bond acceptors (Lipinski definition) is 28. The number of aliphatic hydroxyl groups excluding tert-OH is 2. The van der Waals surface area contributed by atoms with Gasteiger partial charge >= 0.3 is 28.0 Å². The van der Waals surface area contributed by atoms with Gasteiger partial charge in [-0.05, 0) is 114 Å². The maximum Gasteiger partial charge on any atom is 0.337 e. The van der Waals surface area contributed by atoms with Crippen LogP contribution in [0.25, 0.3) is 0 Å². The zero-order chi connectivity index (χ0) is 93.6. The van der Waals surface area contributed by atoms with E-state index in [1.165, 1.54) is 12.1 Å². The fourth-order valence-electron chi connectivity index (χ4n) is 10.6. The van der Waals surface area contributed by atoms with Gasteiger partial charge in [0, 0.05) is 51.3 Å². The summed E-state index contributed by atoms with van der Waals surface area (Å²) < 4.78 is 128. The number of benzene rings is 4. The largest absolute Gasteiger partial charge is 0.461 e. The van der Waals surface area contributed by atoms with Crippen LogP contribution in [-0.4, -0.2) is 201 Å². The molecule has 1 fully saturated rings. The number of ketones is 1. The number of rotatable bonds is 50. The molecule has 0 aromatic heterocycles. The van der Waals surface area contributed by atoms with E-state index in [1.807, 2.05) is 150 Å². The summed E-state index contributed by atoms with van der Waals surface area (Å²) in [6.07, 6.45) is 2.00. The molecule has 1 heterocycles. The zero-order valence-corrected chi connectivity index (χ0v) is 77.6. The number of esters is 2. The highest BCUT2D eigenvalue weighted by Crippen LogP contribution is 2.27. The predicted octanol–water partition coefficient (Wildman–Crippen LogP) is 8.56. The van der Waals surface area contributed by atoms with E-state index in [4.69, 9.17) is 48.0 Å². The van der Waals surface area contributed by atoms with Crippen molar-refractivity contribution < 1.29 is 118 Å². The van der Waals surface area contributed by atoms with E-state index in [0.29, 0.717) is 49.5 Å². The Morgan fingerprint density at radius 2 is 0.862 bits per heavy atom. The molecule has 0 unspecified atom stereocenters. The molecular weight excluding hydrogens is 1680 g/mol. The third-order valence-corrected chi connectivity index (χ3v) is 23.6. The molecule has 33 nitrogen and oxygen atoms in total. The number of imide groups is 1. The number of para-hydroxylation sites is 1. The quantitative estimate of drug-likeness (QED) is 0.00657. The number of Topliss-reactive ketones (excluding diaryl/α,β-unsaturated/α-hetero) is 1. The number of nitrogens with zero attached hydrogens (tertiary/aromatic N) is 1. The van der Waals surface area contributed by atoms with Crippen molar-refractivity contribution in [2.24, 2.45) is 68.6 Å². The van der Waals surface area contributed by atoms with Crippen LogP contribution in [0.1, 0.15) is 196 Å². The van der Waals surface area contributed by atoms with Crippen molar-refractivity contribution >= 4 is 93.7 Å². The minimum atomic E-state index is -4.19. The van der Waals surface area contributed by atoms with Gasteiger partial charge < -0.3 is 56.1 Å². The number of ether oxygens (including phenoxy) is 2. The fourth-order valence-corrected chi connectivity index (χ4v) is 14.7. The molecule has 1 aliphatic rings. The van der Waals surface area contributed by atoms with Crippen molar-refractivity contribution in [1.29, 1.82) is 0 Å². The first-order chi connectivity index (χ1) is 57.1. The highest BCUT2D eigenvalue weighted by Gasteiger charge is 2.37. The molecule has 1 aliphatic heterocycles. The highest BCUT2D eigenvalue weighted by molar-refractivity contribution is 7.88. The number of hydroxylamine groups is 2. The Hall–Kier alpha value is -8.21. The van der Waals surface area contributed by atoms with Crippen molar-refractivity contribution in [3.63, 3.8) is 0 Å². The average molecular weight is 1810 g/mol.